The van der Waals surface area contributed by atoms with Gasteiger partial charge in [0.05, 0.1) is 11.1 Å². The number of rotatable bonds is 4. The van der Waals surface area contributed by atoms with Crippen LogP contribution in [0.5, 0.6) is 0 Å². The molecule has 0 fully saturated rings. The molecule has 9 heteroatoms. The fourth-order valence-corrected chi connectivity index (χ4v) is 2.49. The molecular formula is C10H10N4O4S. The van der Waals surface area contributed by atoms with E-state index in [9.17, 15) is 18.5 Å². The van der Waals surface area contributed by atoms with Gasteiger partial charge in [-0.2, -0.15) is 13.5 Å². The summed E-state index contributed by atoms with van der Waals surface area (Å²) in [5, 5.41) is 16.5. The van der Waals surface area contributed by atoms with E-state index in [1.807, 2.05) is 0 Å². The van der Waals surface area contributed by atoms with Crippen LogP contribution >= 0.6 is 0 Å². The second kappa shape index (κ2) is 4.69. The molecule has 0 aliphatic rings. The van der Waals surface area contributed by atoms with E-state index in [1.54, 1.807) is 0 Å². The first-order valence-electron chi connectivity index (χ1n) is 5.17. The maximum atomic E-state index is 11.9. The molecule has 0 atom stereocenters. The summed E-state index contributed by atoms with van der Waals surface area (Å²) in [6.07, 6.45) is 1.32. The summed E-state index contributed by atoms with van der Waals surface area (Å²) in [7, 11) is -3.76. The minimum absolute atomic E-state index is 0.0653. The van der Waals surface area contributed by atoms with Gasteiger partial charge >= 0.3 is 0 Å². The molecule has 0 aliphatic carbocycles. The van der Waals surface area contributed by atoms with Crippen molar-refractivity contribution in [3.63, 3.8) is 0 Å². The monoisotopic (exact) mass is 282 g/mol. The van der Waals surface area contributed by atoms with E-state index in [-0.39, 0.29) is 16.4 Å². The molecule has 19 heavy (non-hydrogen) atoms. The number of aryl methyl sites for hydroxylation is 1. The summed E-state index contributed by atoms with van der Waals surface area (Å²) in [6.45, 7) is 1.53. The second-order valence-electron chi connectivity index (χ2n) is 3.78. The van der Waals surface area contributed by atoms with Crippen LogP contribution in [0.3, 0.4) is 0 Å². The highest BCUT2D eigenvalue weighted by atomic mass is 32.2. The molecule has 0 amide bonds. The molecule has 0 radical (unpaired) electrons. The standard InChI is InChI=1S/C10H10N4O4S/c1-7-6-8(2-3-9(7)14(15)16)13-19(17,18)10-4-5-11-12-10/h2-6,13H,1H3,(H,11,12). The number of aromatic amines is 1. The highest BCUT2D eigenvalue weighted by molar-refractivity contribution is 7.92. The Hall–Kier alpha value is -2.42. The lowest BCUT2D eigenvalue weighted by Gasteiger charge is -2.07. The molecule has 100 valence electrons. The molecule has 2 rings (SSSR count). The number of anilines is 1. The Morgan fingerprint density at radius 3 is 2.63 bits per heavy atom. The van der Waals surface area contributed by atoms with Crippen LogP contribution in [0.4, 0.5) is 11.4 Å². The van der Waals surface area contributed by atoms with Crippen molar-refractivity contribution >= 4 is 21.4 Å². The van der Waals surface area contributed by atoms with Crippen LogP contribution in [-0.2, 0) is 10.0 Å². The molecule has 0 bridgehead atoms. The summed E-state index contributed by atoms with van der Waals surface area (Å²) < 4.78 is 26.1. The van der Waals surface area contributed by atoms with E-state index in [0.29, 0.717) is 5.56 Å². The van der Waals surface area contributed by atoms with Crippen molar-refractivity contribution in [3.8, 4) is 0 Å². The quantitative estimate of drug-likeness (QED) is 0.649. The lowest BCUT2D eigenvalue weighted by molar-refractivity contribution is -0.385. The van der Waals surface area contributed by atoms with E-state index >= 15 is 0 Å². The third kappa shape index (κ3) is 2.71. The van der Waals surface area contributed by atoms with Crippen LogP contribution in [0.1, 0.15) is 5.56 Å². The molecular weight excluding hydrogens is 272 g/mol. The van der Waals surface area contributed by atoms with Gasteiger partial charge in [-0.3, -0.25) is 19.9 Å². The minimum atomic E-state index is -3.76. The number of hydrogen-bond acceptors (Lipinski definition) is 5. The van der Waals surface area contributed by atoms with Crippen molar-refractivity contribution in [1.29, 1.82) is 0 Å². The van der Waals surface area contributed by atoms with Crippen molar-refractivity contribution < 1.29 is 13.3 Å². The average Bonchev–Trinajstić information content (AvgIpc) is 2.81. The third-order valence-electron chi connectivity index (χ3n) is 2.41. The van der Waals surface area contributed by atoms with Gasteiger partial charge in [-0.1, -0.05) is 0 Å². The van der Waals surface area contributed by atoms with Gasteiger partial charge in [-0.15, -0.1) is 0 Å². The van der Waals surface area contributed by atoms with Gasteiger partial charge in [0.25, 0.3) is 15.7 Å². The van der Waals surface area contributed by atoms with Crippen LogP contribution in [0.25, 0.3) is 0 Å². The van der Waals surface area contributed by atoms with Gasteiger partial charge in [0.2, 0.25) is 0 Å². The van der Waals surface area contributed by atoms with Crippen molar-refractivity contribution in [2.24, 2.45) is 0 Å². The molecule has 1 heterocycles. The van der Waals surface area contributed by atoms with Gasteiger partial charge in [0, 0.05) is 17.3 Å². The molecule has 8 nitrogen and oxygen atoms in total. The van der Waals surface area contributed by atoms with Gasteiger partial charge in [-0.05, 0) is 25.1 Å². The van der Waals surface area contributed by atoms with Crippen molar-refractivity contribution in [3.05, 3.63) is 46.1 Å². The predicted molar refractivity (Wildman–Crippen MR) is 67.2 cm³/mol. The normalized spacial score (nSPS) is 11.2. The van der Waals surface area contributed by atoms with Crippen molar-refractivity contribution in [1.82, 2.24) is 10.2 Å². The Labute approximate surface area is 108 Å². The van der Waals surface area contributed by atoms with Gasteiger partial charge in [0.15, 0.2) is 5.03 Å². The number of nitrogens with zero attached hydrogens (tertiary/aromatic N) is 2. The van der Waals surface area contributed by atoms with Crippen molar-refractivity contribution in [2.75, 3.05) is 4.72 Å². The summed E-state index contributed by atoms with van der Waals surface area (Å²) >= 11 is 0. The second-order valence-corrected chi connectivity index (χ2v) is 5.44. The zero-order valence-corrected chi connectivity index (χ0v) is 10.6. The summed E-state index contributed by atoms with van der Waals surface area (Å²) in [5.41, 5.74) is 0.553. The van der Waals surface area contributed by atoms with E-state index in [0.717, 1.165) is 0 Å². The van der Waals surface area contributed by atoms with Crippen LogP contribution in [0, 0.1) is 17.0 Å². The number of nitro groups is 1. The summed E-state index contributed by atoms with van der Waals surface area (Å²) in [4.78, 5) is 10.1. The molecule has 0 unspecified atom stereocenters. The predicted octanol–water partition coefficient (Wildman–Crippen LogP) is 1.43. The SMILES string of the molecule is Cc1cc(NS(=O)(=O)c2ccn[nH]2)ccc1[N+](=O)[O-]. The fraction of sp³-hybridized carbons (Fsp3) is 0.100. The van der Waals surface area contributed by atoms with E-state index in [1.165, 1.54) is 37.4 Å². The maximum absolute atomic E-state index is 11.9. The molecule has 2 aromatic rings. The van der Waals surface area contributed by atoms with Crippen LogP contribution in [-0.4, -0.2) is 23.5 Å². The molecule has 0 saturated carbocycles. The average molecular weight is 282 g/mol. The number of nitro benzene ring substituents is 1. The van der Waals surface area contributed by atoms with Gasteiger partial charge in [0.1, 0.15) is 0 Å². The molecule has 2 N–H and O–H groups in total. The number of H-pyrrole nitrogens is 1. The number of aromatic nitrogens is 2. The summed E-state index contributed by atoms with van der Waals surface area (Å²) in [5.74, 6) is 0. The van der Waals surface area contributed by atoms with Gasteiger partial charge < -0.3 is 0 Å². The molecule has 0 spiro atoms. The Morgan fingerprint density at radius 1 is 1.37 bits per heavy atom. The third-order valence-corrected chi connectivity index (χ3v) is 3.72. The topological polar surface area (TPSA) is 118 Å². The zero-order chi connectivity index (χ0) is 14.0. The van der Waals surface area contributed by atoms with Crippen LogP contribution in [0.15, 0.2) is 35.5 Å². The first-order valence-corrected chi connectivity index (χ1v) is 6.66. The van der Waals surface area contributed by atoms with Crippen LogP contribution < -0.4 is 4.72 Å². The van der Waals surface area contributed by atoms with E-state index in [4.69, 9.17) is 0 Å². The minimum Gasteiger partial charge on any atom is -0.278 e. The lowest BCUT2D eigenvalue weighted by Crippen LogP contribution is -2.13. The van der Waals surface area contributed by atoms with E-state index in [2.05, 4.69) is 14.9 Å². The van der Waals surface area contributed by atoms with E-state index < -0.39 is 14.9 Å². The number of nitrogens with one attached hydrogen (secondary N) is 2. The van der Waals surface area contributed by atoms with Crippen LogP contribution in [0.2, 0.25) is 0 Å². The smallest absolute Gasteiger partial charge is 0.278 e. The highest BCUT2D eigenvalue weighted by Crippen LogP contribution is 2.23. The Kier molecular flexibility index (Phi) is 3.21. The first-order chi connectivity index (χ1) is 8.90. The number of benzene rings is 1. The number of hydrogen-bond donors (Lipinski definition) is 2. The highest BCUT2D eigenvalue weighted by Gasteiger charge is 2.17. The molecule has 0 saturated heterocycles. The zero-order valence-electron chi connectivity index (χ0n) is 9.82. The largest absolute Gasteiger partial charge is 0.278 e. The Balaban J connectivity index is 2.30. The molecule has 1 aromatic heterocycles. The lowest BCUT2D eigenvalue weighted by atomic mass is 10.2. The Bertz CT molecular complexity index is 709. The van der Waals surface area contributed by atoms with Gasteiger partial charge in [-0.25, -0.2) is 0 Å². The summed E-state index contributed by atoms with van der Waals surface area (Å²) in [6, 6.07) is 5.28. The maximum Gasteiger partial charge on any atom is 0.278 e. The molecule has 0 aliphatic heterocycles. The number of sulfonamides is 1. The van der Waals surface area contributed by atoms with Crippen molar-refractivity contribution in [2.45, 2.75) is 11.9 Å². The molecule has 1 aromatic carbocycles. The first kappa shape index (κ1) is 13.0. The Morgan fingerprint density at radius 2 is 2.11 bits per heavy atom. The fourth-order valence-electron chi connectivity index (χ4n) is 1.53.